The molecule has 0 radical (unpaired) electrons. The molecule has 0 amide bonds. The van der Waals surface area contributed by atoms with E-state index in [9.17, 15) is 0 Å². The maximum Gasteiger partial charge on any atom is 0.0455 e. The van der Waals surface area contributed by atoms with Crippen LogP contribution in [0.3, 0.4) is 0 Å². The molecule has 0 rings (SSSR count). The number of aliphatic imine (C=N–C) groups is 1. The number of hydrogen-bond acceptors (Lipinski definition) is 3. The summed E-state index contributed by atoms with van der Waals surface area (Å²) in [5.41, 5.74) is 8.62. The lowest BCUT2D eigenvalue weighted by molar-refractivity contribution is 0.503. The zero-order valence-corrected chi connectivity index (χ0v) is 8.96. The first-order chi connectivity index (χ1) is 6.02. The molecule has 0 saturated carbocycles. The number of nitrogens with zero attached hydrogens (tertiary/aromatic N) is 2. The van der Waals surface area contributed by atoms with E-state index in [1.165, 1.54) is 0 Å². The van der Waals surface area contributed by atoms with Crippen molar-refractivity contribution in [2.45, 2.75) is 13.8 Å². The van der Waals surface area contributed by atoms with Gasteiger partial charge in [0.15, 0.2) is 0 Å². The van der Waals surface area contributed by atoms with Gasteiger partial charge in [-0.25, -0.2) is 0 Å². The summed E-state index contributed by atoms with van der Waals surface area (Å²) in [7, 11) is 3.73. The molecular weight excluding hydrogens is 162 g/mol. The Morgan fingerprint density at radius 1 is 1.54 bits per heavy atom. The summed E-state index contributed by atoms with van der Waals surface area (Å²) in [5.74, 6) is 0. The van der Waals surface area contributed by atoms with Crippen LogP contribution in [0.4, 0.5) is 0 Å². The van der Waals surface area contributed by atoms with Crippen LogP contribution in [0.5, 0.6) is 0 Å². The molecule has 3 heteroatoms. The van der Waals surface area contributed by atoms with E-state index in [1.54, 1.807) is 13.2 Å². The van der Waals surface area contributed by atoms with Crippen molar-refractivity contribution >= 4 is 5.71 Å². The Hall–Kier alpha value is -1.25. The Kier molecular flexibility index (Phi) is 4.89. The molecule has 2 N–H and O–H groups in total. The van der Waals surface area contributed by atoms with Gasteiger partial charge in [0.25, 0.3) is 0 Å². The average Bonchev–Trinajstić information content (AvgIpc) is 2.11. The van der Waals surface area contributed by atoms with Crippen molar-refractivity contribution in [2.24, 2.45) is 10.7 Å². The summed E-state index contributed by atoms with van der Waals surface area (Å²) in [5, 5.41) is 0. The van der Waals surface area contributed by atoms with Crippen molar-refractivity contribution in [1.29, 1.82) is 0 Å². The predicted molar refractivity (Wildman–Crippen MR) is 58.7 cm³/mol. The fraction of sp³-hybridized carbons (Fsp3) is 0.500. The second kappa shape index (κ2) is 5.41. The summed E-state index contributed by atoms with van der Waals surface area (Å²) in [6.07, 6.45) is 1.77. The molecule has 0 saturated heterocycles. The maximum atomic E-state index is 5.75. The molecule has 0 bridgehead atoms. The highest BCUT2D eigenvalue weighted by atomic mass is 15.1. The predicted octanol–water partition coefficient (Wildman–Crippen LogP) is 1.39. The van der Waals surface area contributed by atoms with Crippen LogP contribution in [0, 0.1) is 0 Å². The highest BCUT2D eigenvalue weighted by molar-refractivity contribution is 5.99. The highest BCUT2D eigenvalue weighted by Gasteiger charge is 2.05. The molecule has 0 heterocycles. The van der Waals surface area contributed by atoms with Crippen LogP contribution in [0.25, 0.3) is 0 Å². The lowest BCUT2D eigenvalue weighted by atomic mass is 10.1. The highest BCUT2D eigenvalue weighted by Crippen LogP contribution is 2.04. The van der Waals surface area contributed by atoms with Crippen molar-refractivity contribution in [3.63, 3.8) is 0 Å². The summed E-state index contributed by atoms with van der Waals surface area (Å²) in [6.45, 7) is 8.29. The molecule has 0 aromatic heterocycles. The normalized spacial score (nSPS) is 13.7. The maximum absolute atomic E-state index is 5.75. The van der Waals surface area contributed by atoms with E-state index >= 15 is 0 Å². The van der Waals surface area contributed by atoms with Crippen LogP contribution < -0.4 is 5.73 Å². The van der Waals surface area contributed by atoms with Gasteiger partial charge < -0.3 is 10.6 Å². The lowest BCUT2D eigenvalue weighted by Gasteiger charge is -2.17. The summed E-state index contributed by atoms with van der Waals surface area (Å²) in [4.78, 5) is 6.09. The molecule has 0 aromatic rings. The van der Waals surface area contributed by atoms with E-state index in [0.29, 0.717) is 0 Å². The third-order valence-corrected chi connectivity index (χ3v) is 1.97. The van der Waals surface area contributed by atoms with Gasteiger partial charge in [-0.1, -0.05) is 6.58 Å². The van der Waals surface area contributed by atoms with E-state index in [-0.39, 0.29) is 0 Å². The minimum Gasteiger partial charge on any atom is -0.402 e. The molecule has 0 fully saturated rings. The second-order valence-corrected chi connectivity index (χ2v) is 3.07. The number of likely N-dealkylation sites (N-methyl/N-ethyl adjacent to an activating group) is 1. The third kappa shape index (κ3) is 3.78. The molecule has 13 heavy (non-hydrogen) atoms. The van der Waals surface area contributed by atoms with Gasteiger partial charge in [0.1, 0.15) is 0 Å². The van der Waals surface area contributed by atoms with Crippen LogP contribution >= 0.6 is 0 Å². The van der Waals surface area contributed by atoms with Gasteiger partial charge in [0.2, 0.25) is 0 Å². The molecule has 0 aliphatic heterocycles. The van der Waals surface area contributed by atoms with Crippen molar-refractivity contribution in [3.05, 3.63) is 24.0 Å². The first kappa shape index (κ1) is 11.8. The molecule has 0 aliphatic rings. The van der Waals surface area contributed by atoms with Gasteiger partial charge in [-0.15, -0.1) is 0 Å². The zero-order chi connectivity index (χ0) is 10.4. The molecular formula is C10H19N3. The summed E-state index contributed by atoms with van der Waals surface area (Å²) in [6, 6.07) is 0. The standard InChI is InChI=1S/C10H19N3/c1-6-13(5)7-10(8(2)11)9(3)12-4/h6H,1,7,11H2,2-5H3/b10-8-,12-9?. The lowest BCUT2D eigenvalue weighted by Crippen LogP contribution is -2.20. The fourth-order valence-electron chi connectivity index (χ4n) is 0.973. The Bertz CT molecular complexity index is 235. The Morgan fingerprint density at radius 3 is 2.38 bits per heavy atom. The van der Waals surface area contributed by atoms with E-state index < -0.39 is 0 Å². The minimum absolute atomic E-state index is 0.759. The van der Waals surface area contributed by atoms with E-state index in [4.69, 9.17) is 5.73 Å². The van der Waals surface area contributed by atoms with Gasteiger partial charge in [0.05, 0.1) is 0 Å². The first-order valence-electron chi connectivity index (χ1n) is 4.24. The number of hydrogen-bond donors (Lipinski definition) is 1. The third-order valence-electron chi connectivity index (χ3n) is 1.97. The minimum atomic E-state index is 0.759. The van der Waals surface area contributed by atoms with Gasteiger partial charge in [-0.05, 0) is 20.0 Å². The smallest absolute Gasteiger partial charge is 0.0455 e. The molecule has 0 aliphatic carbocycles. The van der Waals surface area contributed by atoms with Gasteiger partial charge in [0, 0.05) is 37.6 Å². The Morgan fingerprint density at radius 2 is 2.08 bits per heavy atom. The number of nitrogens with two attached hydrogens (primary N) is 1. The van der Waals surface area contributed by atoms with Crippen LogP contribution in [-0.4, -0.2) is 31.3 Å². The zero-order valence-electron chi connectivity index (χ0n) is 8.96. The molecule has 0 atom stereocenters. The first-order valence-corrected chi connectivity index (χ1v) is 4.24. The second-order valence-electron chi connectivity index (χ2n) is 3.07. The Balaban J connectivity index is 4.67. The van der Waals surface area contributed by atoms with Crippen molar-refractivity contribution in [3.8, 4) is 0 Å². The Labute approximate surface area is 80.6 Å². The monoisotopic (exact) mass is 181 g/mol. The number of rotatable bonds is 4. The summed E-state index contributed by atoms with van der Waals surface area (Å²) < 4.78 is 0. The molecule has 0 spiro atoms. The average molecular weight is 181 g/mol. The molecule has 3 nitrogen and oxygen atoms in total. The topological polar surface area (TPSA) is 41.6 Å². The van der Waals surface area contributed by atoms with Crippen molar-refractivity contribution < 1.29 is 0 Å². The van der Waals surface area contributed by atoms with E-state index in [2.05, 4.69) is 11.6 Å². The van der Waals surface area contributed by atoms with Crippen LogP contribution in [0.15, 0.2) is 29.0 Å². The van der Waals surface area contributed by atoms with Crippen LogP contribution in [0.2, 0.25) is 0 Å². The largest absolute Gasteiger partial charge is 0.402 e. The van der Waals surface area contributed by atoms with Gasteiger partial charge in [-0.2, -0.15) is 0 Å². The molecule has 74 valence electrons. The SMILES string of the molecule is C=CN(C)C/C(C(C)=NC)=C(\C)N. The van der Waals surface area contributed by atoms with Gasteiger partial charge >= 0.3 is 0 Å². The van der Waals surface area contributed by atoms with Crippen molar-refractivity contribution in [1.82, 2.24) is 4.90 Å². The number of allylic oxidation sites excluding steroid dienone is 1. The summed E-state index contributed by atoms with van der Waals surface area (Å²) >= 11 is 0. The molecule has 0 aromatic carbocycles. The van der Waals surface area contributed by atoms with Gasteiger partial charge in [-0.3, -0.25) is 4.99 Å². The quantitative estimate of drug-likeness (QED) is 0.666. The van der Waals surface area contributed by atoms with Crippen molar-refractivity contribution in [2.75, 3.05) is 20.6 Å². The van der Waals surface area contributed by atoms with Crippen LogP contribution in [-0.2, 0) is 0 Å². The fourth-order valence-corrected chi connectivity index (χ4v) is 0.973. The van der Waals surface area contributed by atoms with Crippen LogP contribution in [0.1, 0.15) is 13.8 Å². The van der Waals surface area contributed by atoms with E-state index in [0.717, 1.165) is 23.5 Å². The van der Waals surface area contributed by atoms with E-state index in [1.807, 2.05) is 25.8 Å². The molecule has 0 unspecified atom stereocenters.